The predicted molar refractivity (Wildman–Crippen MR) is 206 cm³/mol. The van der Waals surface area contributed by atoms with Gasteiger partial charge in [-0.1, -0.05) is 34.6 Å². The zero-order valence-corrected chi connectivity index (χ0v) is 33.1. The number of aliphatic hydroxyl groups excluding tert-OH is 1. The number of imidazole rings is 1. The number of anilines is 2. The van der Waals surface area contributed by atoms with Crippen LogP contribution in [-0.4, -0.2) is 110 Å². The molecule has 8 atom stereocenters. The number of ketones is 1. The zero-order valence-electron chi connectivity index (χ0n) is 32.3. The molecule has 0 spiro atoms. The first-order valence-electron chi connectivity index (χ1n) is 20.0. The summed E-state index contributed by atoms with van der Waals surface area (Å²) in [6, 6.07) is 0. The molecule has 1 amide bonds. The minimum Gasteiger partial charge on any atom is -0.461 e. The Hall–Kier alpha value is -2.97. The molecule has 0 unspecified atom stereocenters. The Morgan fingerprint density at radius 3 is 2.55 bits per heavy atom. The normalized spacial score (nSPS) is 35.2. The second kappa shape index (κ2) is 14.9. The summed E-state index contributed by atoms with van der Waals surface area (Å²) in [6.45, 7) is 16.0. The summed E-state index contributed by atoms with van der Waals surface area (Å²) in [4.78, 5) is 58.4. The number of nitrogen functional groups attached to an aromatic ring is 1. The van der Waals surface area contributed by atoms with Crippen LogP contribution in [0.5, 0.6) is 0 Å². The van der Waals surface area contributed by atoms with Crippen molar-refractivity contribution in [1.82, 2.24) is 29.7 Å². The number of aromatic nitrogens is 4. The van der Waals surface area contributed by atoms with Gasteiger partial charge in [0.05, 0.1) is 18.2 Å². The first-order valence-corrected chi connectivity index (χ1v) is 21.1. The number of likely N-dealkylation sites (tertiary alicyclic amines) is 1. The van der Waals surface area contributed by atoms with Crippen LogP contribution >= 0.6 is 11.8 Å². The van der Waals surface area contributed by atoms with Crippen molar-refractivity contribution >= 4 is 52.4 Å². The number of carbonyl (C=O) groups is 3. The molecule has 2 bridgehead atoms. The molecule has 13 nitrogen and oxygen atoms in total. The molecule has 5 fully saturated rings. The van der Waals surface area contributed by atoms with Crippen LogP contribution in [0.15, 0.2) is 6.33 Å². The first-order chi connectivity index (χ1) is 25.3. The van der Waals surface area contributed by atoms with E-state index >= 15 is 0 Å². The number of amides is 1. The largest absolute Gasteiger partial charge is 0.461 e. The maximum absolute atomic E-state index is 13.7. The number of piperidine rings is 1. The number of nitrogens with two attached hydrogens (primary N) is 1. The third kappa shape index (κ3) is 6.83. The third-order valence-corrected chi connectivity index (χ3v) is 16.0. The van der Waals surface area contributed by atoms with Gasteiger partial charge in [0.25, 0.3) is 0 Å². The molecule has 2 saturated heterocycles. The molecule has 292 valence electrons. The van der Waals surface area contributed by atoms with Gasteiger partial charge in [-0.25, -0.2) is 4.98 Å². The van der Waals surface area contributed by atoms with Crippen molar-refractivity contribution in [1.29, 1.82) is 0 Å². The van der Waals surface area contributed by atoms with Crippen molar-refractivity contribution in [2.24, 2.45) is 34.0 Å². The molecule has 2 aromatic heterocycles. The van der Waals surface area contributed by atoms with E-state index in [-0.39, 0.29) is 57.8 Å². The van der Waals surface area contributed by atoms with Crippen LogP contribution in [0.25, 0.3) is 11.2 Å². The summed E-state index contributed by atoms with van der Waals surface area (Å²) in [7, 11) is 0. The second-order valence-corrected chi connectivity index (χ2v) is 18.5. The Labute approximate surface area is 317 Å². The van der Waals surface area contributed by atoms with Crippen LogP contribution in [0.2, 0.25) is 0 Å². The molecule has 3 saturated carbocycles. The number of esters is 1. The van der Waals surface area contributed by atoms with Gasteiger partial charge in [0.15, 0.2) is 17.0 Å². The van der Waals surface area contributed by atoms with Crippen molar-refractivity contribution in [2.75, 3.05) is 55.7 Å². The molecule has 4 heterocycles. The molecular weight excluding hydrogens is 693 g/mol. The van der Waals surface area contributed by atoms with Crippen LogP contribution in [0.1, 0.15) is 92.4 Å². The van der Waals surface area contributed by atoms with Crippen molar-refractivity contribution in [3.05, 3.63) is 6.33 Å². The highest BCUT2D eigenvalue weighted by Gasteiger charge is 2.68. The minimum absolute atomic E-state index is 0.0102. The number of hydrogen-bond donors (Lipinski definition) is 3. The molecule has 4 N–H and O–H groups in total. The van der Waals surface area contributed by atoms with E-state index in [1.807, 2.05) is 9.47 Å². The van der Waals surface area contributed by atoms with E-state index < -0.39 is 23.0 Å². The van der Waals surface area contributed by atoms with Crippen LogP contribution in [0.3, 0.4) is 0 Å². The number of fused-ring (bicyclic) bond motifs is 1. The Balaban J connectivity index is 0.940. The van der Waals surface area contributed by atoms with Gasteiger partial charge in [-0.2, -0.15) is 9.97 Å². The fourth-order valence-corrected chi connectivity index (χ4v) is 11.9. The number of Topliss-reactive ketones (excluding diaryl/α,β-unsaturated/α-hetero) is 1. The first kappa shape index (κ1) is 38.3. The summed E-state index contributed by atoms with van der Waals surface area (Å²) in [5.74, 6) is 1.34. The van der Waals surface area contributed by atoms with Crippen LogP contribution in [-0.2, 0) is 25.7 Å². The summed E-state index contributed by atoms with van der Waals surface area (Å²) in [5.41, 5.74) is 6.30. The van der Waals surface area contributed by atoms with Crippen LogP contribution in [0, 0.1) is 34.0 Å². The number of aliphatic hydroxyl groups is 1. The van der Waals surface area contributed by atoms with E-state index in [1.54, 1.807) is 18.1 Å². The Bertz CT molecular complexity index is 1690. The molecule has 0 aromatic carbocycles. The van der Waals surface area contributed by atoms with Gasteiger partial charge < -0.3 is 35.3 Å². The lowest BCUT2D eigenvalue weighted by Gasteiger charge is -2.62. The van der Waals surface area contributed by atoms with Crippen LogP contribution < -0.4 is 16.0 Å². The predicted octanol–water partition coefficient (Wildman–Crippen LogP) is 4.06. The molecule has 7 rings (SSSR count). The van der Waals surface area contributed by atoms with Crippen LogP contribution in [0.4, 0.5) is 11.8 Å². The van der Waals surface area contributed by atoms with E-state index in [1.165, 1.54) is 0 Å². The van der Waals surface area contributed by atoms with Crippen molar-refractivity contribution in [3.63, 3.8) is 0 Å². The van der Waals surface area contributed by atoms with Gasteiger partial charge in [-0.3, -0.25) is 14.4 Å². The van der Waals surface area contributed by atoms with Gasteiger partial charge >= 0.3 is 5.97 Å². The Morgan fingerprint density at radius 2 is 1.83 bits per heavy atom. The number of piperazine rings is 1. The number of nitrogens with one attached hydrogen (secondary N) is 1. The average Bonchev–Trinajstić information content (AvgIpc) is 3.74. The topological polar surface area (TPSA) is 169 Å². The van der Waals surface area contributed by atoms with Crippen molar-refractivity contribution in [2.45, 2.75) is 116 Å². The highest BCUT2D eigenvalue weighted by atomic mass is 32.2. The lowest BCUT2D eigenvalue weighted by Crippen LogP contribution is -2.63. The van der Waals surface area contributed by atoms with E-state index in [0.717, 1.165) is 70.5 Å². The fraction of sp³-hybridized carbons (Fsp3) is 0.795. The highest BCUT2D eigenvalue weighted by Crippen LogP contribution is 2.68. The lowest BCUT2D eigenvalue weighted by molar-refractivity contribution is -0.211. The molecular formula is C39H60N8O5S. The maximum atomic E-state index is 13.7. The van der Waals surface area contributed by atoms with E-state index in [0.29, 0.717) is 50.1 Å². The number of ether oxygens (including phenoxy) is 1. The highest BCUT2D eigenvalue weighted by molar-refractivity contribution is 8.00. The summed E-state index contributed by atoms with van der Waals surface area (Å²) in [6.07, 6.45) is 7.28. The van der Waals surface area contributed by atoms with Crippen molar-refractivity contribution in [3.8, 4) is 0 Å². The van der Waals surface area contributed by atoms with Gasteiger partial charge in [0, 0.05) is 75.2 Å². The quantitative estimate of drug-likeness (QED) is 0.315. The monoisotopic (exact) mass is 752 g/mol. The fourth-order valence-electron chi connectivity index (χ4n) is 10.9. The molecule has 3 aliphatic carbocycles. The third-order valence-electron chi connectivity index (χ3n) is 14.7. The standard InChI is InChI=1S/C39H60N8O5S/c1-6-37(4)21-28(38(5)24(2)7-12-39(25(3)33(37)51)13-8-27(48)32(38)39)52-30(50)22-53-26-9-16-45(17-10-26)29(49)11-18-47-23-42-31-34(43-36(40)44-35(31)47)46-19-14-41-15-20-46/h23-26,28,32-33,41,51H,6-22H2,1-5H3,(H2,40,43,44)/t24-,25+,28-,32-,33+,37-,38+,39+/m1/s1. The van der Waals surface area contributed by atoms with Gasteiger partial charge in [0.1, 0.15) is 11.9 Å². The molecule has 14 heteroatoms. The number of hydrogen-bond acceptors (Lipinski definition) is 12. The Morgan fingerprint density at radius 1 is 1.09 bits per heavy atom. The second-order valence-electron chi connectivity index (χ2n) is 17.3. The zero-order chi connectivity index (χ0) is 37.7. The number of nitrogens with zero attached hydrogens (tertiary/aromatic N) is 6. The number of rotatable bonds is 9. The minimum atomic E-state index is -0.565. The van der Waals surface area contributed by atoms with Crippen molar-refractivity contribution < 1.29 is 24.2 Å². The summed E-state index contributed by atoms with van der Waals surface area (Å²) < 4.78 is 8.39. The molecule has 2 aromatic rings. The lowest BCUT2D eigenvalue weighted by atomic mass is 9.43. The molecule has 5 aliphatic rings. The SMILES string of the molecule is CC[C@]1(C)C[C@@H](OC(=O)CSC2CCN(C(=O)CCn3cnc4c(N5CCNCC5)nc(N)nc43)CC2)[C@]2(C)[C@H](C)CC[C@]3(CCC(=O)[C@@H]32)[C@@H](C)[C@@H]1O. The smallest absolute Gasteiger partial charge is 0.316 e. The van der Waals surface area contributed by atoms with Gasteiger partial charge in [0.2, 0.25) is 11.9 Å². The summed E-state index contributed by atoms with van der Waals surface area (Å²) >= 11 is 1.62. The maximum Gasteiger partial charge on any atom is 0.316 e. The van der Waals surface area contributed by atoms with E-state index in [9.17, 15) is 19.5 Å². The molecule has 2 aliphatic heterocycles. The number of carbonyl (C=O) groups excluding carboxylic acids is 3. The van der Waals surface area contributed by atoms with Gasteiger partial charge in [-0.15, -0.1) is 11.8 Å². The van der Waals surface area contributed by atoms with E-state index in [2.05, 4.69) is 59.8 Å². The molecule has 0 radical (unpaired) electrons. The number of thioether (sulfide) groups is 1. The Kier molecular flexibility index (Phi) is 10.8. The van der Waals surface area contributed by atoms with E-state index in [4.69, 9.17) is 10.5 Å². The van der Waals surface area contributed by atoms with Gasteiger partial charge in [-0.05, 0) is 67.6 Å². The number of aryl methyl sites for hydroxylation is 1. The average molecular weight is 753 g/mol. The molecule has 53 heavy (non-hydrogen) atoms. The summed E-state index contributed by atoms with van der Waals surface area (Å²) in [5, 5.41) is 15.5.